The van der Waals surface area contributed by atoms with Gasteiger partial charge in [-0.15, -0.1) is 0 Å². The Kier molecular flexibility index (Phi) is 3.78. The van der Waals surface area contributed by atoms with Gasteiger partial charge in [-0.3, -0.25) is 4.79 Å². The van der Waals surface area contributed by atoms with Crippen LogP contribution >= 0.6 is 0 Å². The number of carbonyl (C=O) groups is 2. The predicted octanol–water partition coefficient (Wildman–Crippen LogP) is 1.84. The van der Waals surface area contributed by atoms with Crippen LogP contribution in [0.5, 0.6) is 0 Å². The van der Waals surface area contributed by atoms with Crippen molar-refractivity contribution in [3.05, 3.63) is 35.9 Å². The fourth-order valence-electron chi connectivity index (χ4n) is 1.84. The van der Waals surface area contributed by atoms with Crippen molar-refractivity contribution in [2.24, 2.45) is 5.10 Å². The molecule has 1 aromatic rings. The van der Waals surface area contributed by atoms with Gasteiger partial charge in [0.25, 0.3) is 5.92 Å². The minimum absolute atomic E-state index is 0.0401. The Morgan fingerprint density at radius 2 is 1.95 bits per heavy atom. The minimum atomic E-state index is -3.29. The molecular formula is C13H12F2N2O3. The number of alkyl halides is 2. The largest absolute Gasteiger partial charge is 0.477 e. The van der Waals surface area contributed by atoms with Gasteiger partial charge in [-0.25, -0.2) is 9.80 Å². The quantitative estimate of drug-likeness (QED) is 0.916. The molecule has 1 aliphatic heterocycles. The molecule has 0 bridgehead atoms. The van der Waals surface area contributed by atoms with Gasteiger partial charge < -0.3 is 5.11 Å². The van der Waals surface area contributed by atoms with E-state index in [0.717, 1.165) is 0 Å². The summed E-state index contributed by atoms with van der Waals surface area (Å²) in [4.78, 5) is 22.3. The lowest BCUT2D eigenvalue weighted by molar-refractivity contribution is -0.138. The molecular weight excluding hydrogens is 270 g/mol. The second-order valence-corrected chi connectivity index (χ2v) is 4.37. The Labute approximate surface area is 113 Å². The maximum absolute atomic E-state index is 14.0. The Hall–Kier alpha value is -2.31. The fraction of sp³-hybridized carbons (Fsp3) is 0.308. The number of benzene rings is 1. The maximum Gasteiger partial charge on any atom is 0.352 e. The molecule has 5 nitrogen and oxygen atoms in total. The van der Waals surface area contributed by atoms with Gasteiger partial charge >= 0.3 is 5.97 Å². The summed E-state index contributed by atoms with van der Waals surface area (Å²) in [5, 5.41) is 12.8. The van der Waals surface area contributed by atoms with Crippen LogP contribution in [-0.2, 0) is 15.5 Å². The summed E-state index contributed by atoms with van der Waals surface area (Å²) in [7, 11) is 0. The van der Waals surface area contributed by atoms with E-state index in [1.54, 1.807) is 6.07 Å². The average Bonchev–Trinajstić information content (AvgIpc) is 2.42. The minimum Gasteiger partial charge on any atom is -0.477 e. The van der Waals surface area contributed by atoms with Gasteiger partial charge in [-0.2, -0.15) is 13.9 Å². The Morgan fingerprint density at radius 3 is 2.55 bits per heavy atom. The molecule has 20 heavy (non-hydrogen) atoms. The van der Waals surface area contributed by atoms with Crippen molar-refractivity contribution in [1.82, 2.24) is 5.01 Å². The zero-order valence-electron chi connectivity index (χ0n) is 10.4. The topological polar surface area (TPSA) is 70.0 Å². The van der Waals surface area contributed by atoms with E-state index < -0.39 is 24.3 Å². The molecule has 106 valence electrons. The highest BCUT2D eigenvalue weighted by molar-refractivity contribution is 6.36. The molecule has 0 saturated heterocycles. The first kappa shape index (κ1) is 14.1. The smallest absolute Gasteiger partial charge is 0.352 e. The van der Waals surface area contributed by atoms with E-state index in [-0.39, 0.29) is 24.1 Å². The van der Waals surface area contributed by atoms with E-state index in [9.17, 15) is 18.4 Å². The zero-order valence-corrected chi connectivity index (χ0v) is 10.4. The highest BCUT2D eigenvalue weighted by Crippen LogP contribution is 2.29. The molecule has 1 amide bonds. The number of carbonyl (C=O) groups excluding carboxylic acids is 1. The number of hydrazone groups is 1. The van der Waals surface area contributed by atoms with Gasteiger partial charge in [0.15, 0.2) is 0 Å². The summed E-state index contributed by atoms with van der Waals surface area (Å²) in [6, 6.07) is 7.03. The van der Waals surface area contributed by atoms with E-state index in [1.165, 1.54) is 24.3 Å². The number of nitrogens with zero attached hydrogens (tertiary/aromatic N) is 2. The van der Waals surface area contributed by atoms with Gasteiger partial charge in [-0.1, -0.05) is 30.3 Å². The molecule has 0 aliphatic carbocycles. The molecule has 0 saturated carbocycles. The molecule has 1 aliphatic rings. The number of amides is 1. The Bertz CT molecular complexity index is 558. The van der Waals surface area contributed by atoms with Crippen LogP contribution in [0.25, 0.3) is 0 Å². The van der Waals surface area contributed by atoms with Crippen LogP contribution in [0.4, 0.5) is 8.78 Å². The number of hydrogen-bond donors (Lipinski definition) is 1. The molecule has 0 aromatic heterocycles. The van der Waals surface area contributed by atoms with E-state index in [1.807, 2.05) is 0 Å². The van der Waals surface area contributed by atoms with Gasteiger partial charge in [0.05, 0.1) is 0 Å². The SMILES string of the molecule is O=C(O)C1=NN(CC(F)(F)c2ccccc2)C(=O)CC1. The molecule has 0 spiro atoms. The first-order chi connectivity index (χ1) is 9.40. The monoisotopic (exact) mass is 282 g/mol. The summed E-state index contributed by atoms with van der Waals surface area (Å²) >= 11 is 0. The number of rotatable bonds is 4. The molecule has 2 rings (SSSR count). The summed E-state index contributed by atoms with van der Waals surface area (Å²) in [5.41, 5.74) is -0.529. The number of carboxylic acids is 1. The highest BCUT2D eigenvalue weighted by Gasteiger charge is 2.37. The van der Waals surface area contributed by atoms with Crippen molar-refractivity contribution in [3.8, 4) is 0 Å². The third-order valence-corrected chi connectivity index (χ3v) is 2.90. The van der Waals surface area contributed by atoms with Crippen molar-refractivity contribution < 1.29 is 23.5 Å². The fourth-order valence-corrected chi connectivity index (χ4v) is 1.84. The van der Waals surface area contributed by atoms with Crippen molar-refractivity contribution in [1.29, 1.82) is 0 Å². The number of halogens is 2. The van der Waals surface area contributed by atoms with Crippen LogP contribution in [0.15, 0.2) is 35.4 Å². The van der Waals surface area contributed by atoms with E-state index in [0.29, 0.717) is 5.01 Å². The van der Waals surface area contributed by atoms with Crippen molar-refractivity contribution in [3.63, 3.8) is 0 Å². The van der Waals surface area contributed by atoms with Crippen molar-refractivity contribution >= 4 is 17.6 Å². The third kappa shape index (κ3) is 2.98. The summed E-state index contributed by atoms with van der Waals surface area (Å²) in [6.07, 6.45) is -0.169. The summed E-state index contributed by atoms with van der Waals surface area (Å²) in [5.74, 6) is -5.20. The normalized spacial score (nSPS) is 16.0. The lowest BCUT2D eigenvalue weighted by atomic mass is 10.1. The van der Waals surface area contributed by atoms with Gasteiger partial charge in [-0.05, 0) is 0 Å². The lowest BCUT2D eigenvalue weighted by Crippen LogP contribution is -2.40. The Morgan fingerprint density at radius 1 is 1.30 bits per heavy atom. The van der Waals surface area contributed by atoms with Gasteiger partial charge in [0, 0.05) is 18.4 Å². The number of hydrogen-bond acceptors (Lipinski definition) is 3. The predicted molar refractivity (Wildman–Crippen MR) is 66.4 cm³/mol. The van der Waals surface area contributed by atoms with Crippen molar-refractivity contribution in [2.45, 2.75) is 18.8 Å². The van der Waals surface area contributed by atoms with E-state index >= 15 is 0 Å². The first-order valence-corrected chi connectivity index (χ1v) is 5.94. The standard InChI is InChI=1S/C13H12F2N2O3/c14-13(15,9-4-2-1-3-5-9)8-17-11(18)7-6-10(16-17)12(19)20/h1-5H,6-8H2,(H,19,20). The summed E-state index contributed by atoms with van der Waals surface area (Å²) in [6.45, 7) is -0.966. The first-order valence-electron chi connectivity index (χ1n) is 5.94. The molecule has 0 fully saturated rings. The van der Waals surface area contributed by atoms with E-state index in [4.69, 9.17) is 5.11 Å². The average molecular weight is 282 g/mol. The Balaban J connectivity index is 2.21. The number of aliphatic carboxylic acids is 1. The van der Waals surface area contributed by atoms with Crippen LogP contribution in [-0.4, -0.2) is 34.2 Å². The van der Waals surface area contributed by atoms with Gasteiger partial charge in [0.2, 0.25) is 5.91 Å². The van der Waals surface area contributed by atoms with Gasteiger partial charge in [0.1, 0.15) is 12.3 Å². The highest BCUT2D eigenvalue weighted by atomic mass is 19.3. The van der Waals surface area contributed by atoms with Crippen LogP contribution in [0.1, 0.15) is 18.4 Å². The van der Waals surface area contributed by atoms with E-state index in [2.05, 4.69) is 5.10 Å². The van der Waals surface area contributed by atoms with Crippen LogP contribution in [0.3, 0.4) is 0 Å². The third-order valence-electron chi connectivity index (χ3n) is 2.90. The summed E-state index contributed by atoms with van der Waals surface area (Å²) < 4.78 is 28.1. The maximum atomic E-state index is 14.0. The van der Waals surface area contributed by atoms with Crippen LogP contribution in [0, 0.1) is 0 Å². The zero-order chi connectivity index (χ0) is 14.8. The van der Waals surface area contributed by atoms with Crippen LogP contribution in [0.2, 0.25) is 0 Å². The number of carboxylic acid groups (broad SMARTS) is 1. The molecule has 0 unspecified atom stereocenters. The second kappa shape index (κ2) is 5.36. The van der Waals surface area contributed by atoms with Crippen LogP contribution < -0.4 is 0 Å². The molecule has 1 aromatic carbocycles. The molecule has 0 radical (unpaired) electrons. The molecule has 0 atom stereocenters. The molecule has 1 heterocycles. The molecule has 7 heteroatoms. The molecule has 1 N–H and O–H groups in total. The van der Waals surface area contributed by atoms with Crippen molar-refractivity contribution in [2.75, 3.05) is 6.54 Å². The second-order valence-electron chi connectivity index (χ2n) is 4.37. The lowest BCUT2D eigenvalue weighted by Gasteiger charge is -2.26.